The molecule has 1 N–H and O–H groups in total. The number of anilines is 2. The highest BCUT2D eigenvalue weighted by atomic mass is 16.5. The first kappa shape index (κ1) is 23.8. The molecule has 1 atom stereocenters. The van der Waals surface area contributed by atoms with E-state index in [-0.39, 0.29) is 12.0 Å². The van der Waals surface area contributed by atoms with Crippen molar-refractivity contribution in [2.24, 2.45) is 0 Å². The molecule has 3 fully saturated rings. The van der Waals surface area contributed by atoms with Crippen molar-refractivity contribution in [1.29, 1.82) is 5.26 Å². The third kappa shape index (κ3) is 4.31. The van der Waals surface area contributed by atoms with Crippen LogP contribution in [-0.2, 0) is 9.53 Å². The van der Waals surface area contributed by atoms with Gasteiger partial charge in [0, 0.05) is 63.1 Å². The van der Waals surface area contributed by atoms with Gasteiger partial charge in [-0.05, 0) is 67.9 Å². The molecule has 4 aliphatic rings. The molecular weight excluding hydrogens is 466 g/mol. The van der Waals surface area contributed by atoms with E-state index in [2.05, 4.69) is 45.2 Å². The van der Waals surface area contributed by atoms with Gasteiger partial charge in [0.2, 0.25) is 0 Å². The average Bonchev–Trinajstić information content (AvgIpc) is 3.00. The van der Waals surface area contributed by atoms with Crippen LogP contribution in [0.2, 0.25) is 0 Å². The highest BCUT2D eigenvalue weighted by molar-refractivity contribution is 5.94. The van der Waals surface area contributed by atoms with Gasteiger partial charge < -0.3 is 19.7 Å². The first-order chi connectivity index (χ1) is 18.1. The van der Waals surface area contributed by atoms with E-state index in [1.165, 1.54) is 5.56 Å². The minimum atomic E-state index is -0.228. The van der Waals surface area contributed by atoms with Gasteiger partial charge in [-0.1, -0.05) is 5.92 Å². The lowest BCUT2D eigenvalue weighted by molar-refractivity contribution is -0.133. The zero-order chi connectivity index (χ0) is 25.5. The summed E-state index contributed by atoms with van der Waals surface area (Å²) in [5.41, 5.74) is 4.80. The molecule has 3 saturated heterocycles. The van der Waals surface area contributed by atoms with Gasteiger partial charge in [-0.2, -0.15) is 5.26 Å². The number of nitriles is 1. The number of carbonyl (C=O) groups is 1. The fourth-order valence-corrected chi connectivity index (χ4v) is 5.99. The maximum atomic E-state index is 11.9. The molecule has 4 aliphatic heterocycles. The normalized spacial score (nSPS) is 22.0. The molecule has 0 aliphatic carbocycles. The van der Waals surface area contributed by atoms with Gasteiger partial charge in [-0.3, -0.25) is 9.69 Å². The number of pyridine rings is 1. The smallest absolute Gasteiger partial charge is 0.298 e. The van der Waals surface area contributed by atoms with Gasteiger partial charge in [0.25, 0.3) is 5.91 Å². The molecule has 8 nitrogen and oxygen atoms in total. The number of rotatable bonds is 3. The van der Waals surface area contributed by atoms with Crippen LogP contribution in [0.1, 0.15) is 66.9 Å². The molecule has 0 bridgehead atoms. The fraction of sp³-hybridized carbons (Fsp3) is 0.483. The summed E-state index contributed by atoms with van der Waals surface area (Å²) in [4.78, 5) is 20.8. The summed E-state index contributed by atoms with van der Waals surface area (Å²) in [6, 6.07) is 8.96. The molecule has 1 aromatic carbocycles. The number of benzene rings is 1. The zero-order valence-corrected chi connectivity index (χ0v) is 21.3. The Morgan fingerprint density at radius 3 is 2.68 bits per heavy atom. The van der Waals surface area contributed by atoms with E-state index in [4.69, 9.17) is 9.47 Å². The summed E-state index contributed by atoms with van der Waals surface area (Å²) >= 11 is 0. The second-order valence-corrected chi connectivity index (χ2v) is 10.4. The Bertz CT molecular complexity index is 1320. The van der Waals surface area contributed by atoms with Crippen LogP contribution in [0.4, 0.5) is 11.5 Å². The van der Waals surface area contributed by atoms with E-state index in [0.717, 1.165) is 74.9 Å². The third-order valence-corrected chi connectivity index (χ3v) is 8.15. The van der Waals surface area contributed by atoms with E-state index in [9.17, 15) is 10.1 Å². The van der Waals surface area contributed by atoms with E-state index in [0.29, 0.717) is 29.2 Å². The Balaban J connectivity index is 1.21. The van der Waals surface area contributed by atoms with Gasteiger partial charge in [0.15, 0.2) is 5.75 Å². The van der Waals surface area contributed by atoms with Crippen LogP contribution in [0, 0.1) is 23.2 Å². The van der Waals surface area contributed by atoms with Crippen molar-refractivity contribution in [3.05, 3.63) is 46.6 Å². The Labute approximate surface area is 217 Å². The molecule has 8 heteroatoms. The molecule has 37 heavy (non-hydrogen) atoms. The number of amides is 1. The Morgan fingerprint density at radius 2 is 1.95 bits per heavy atom. The van der Waals surface area contributed by atoms with Crippen LogP contribution in [0.25, 0.3) is 0 Å². The predicted molar refractivity (Wildman–Crippen MR) is 139 cm³/mol. The van der Waals surface area contributed by atoms with Crippen molar-refractivity contribution in [3.8, 4) is 23.7 Å². The number of hydrogen-bond donors (Lipinski definition) is 1. The van der Waals surface area contributed by atoms with Crippen LogP contribution >= 0.6 is 0 Å². The summed E-state index contributed by atoms with van der Waals surface area (Å²) in [5, 5.41) is 13.5. The number of nitrogens with zero attached hydrogens (tertiary/aromatic N) is 4. The SMILES string of the molecule is CC#CC(=O)N1CC(N2CC(c3cc(C#N)c4c(c3)Nc3nccc(C5CCOCC5)c3[C@H](C)O4)C2)C1. The zero-order valence-electron chi connectivity index (χ0n) is 21.3. The number of fused-ring (bicyclic) bond motifs is 2. The maximum absolute atomic E-state index is 11.9. The highest BCUT2D eigenvalue weighted by Crippen LogP contribution is 2.45. The quantitative estimate of drug-likeness (QED) is 0.647. The molecule has 5 heterocycles. The fourth-order valence-electron chi connectivity index (χ4n) is 5.99. The van der Waals surface area contributed by atoms with Gasteiger partial charge >= 0.3 is 0 Å². The minimum Gasteiger partial charge on any atom is -0.482 e. The first-order valence-corrected chi connectivity index (χ1v) is 13.1. The number of hydrogen-bond acceptors (Lipinski definition) is 7. The van der Waals surface area contributed by atoms with Crippen molar-refractivity contribution in [2.45, 2.75) is 50.7 Å². The molecule has 0 spiro atoms. The van der Waals surface area contributed by atoms with E-state index in [1.54, 1.807) is 11.8 Å². The lowest BCUT2D eigenvalue weighted by atomic mass is 9.87. The van der Waals surface area contributed by atoms with Gasteiger partial charge in [-0.25, -0.2) is 4.98 Å². The Hall–Kier alpha value is -3.59. The standard InChI is InChI=1S/C29H31N5O3/c1-3-4-26(35)34-16-23(17-34)33-14-22(15-33)20-11-21(13-30)28-25(12-20)32-29-27(18(2)37-28)24(5-8-31-29)19-6-9-36-10-7-19/h5,8,11-12,18-19,22-23H,6-7,9-10,14-17H2,1-2H3,(H,31,32)/t18-/m0/s1. The first-order valence-electron chi connectivity index (χ1n) is 13.1. The maximum Gasteiger partial charge on any atom is 0.298 e. The molecule has 1 aromatic heterocycles. The molecule has 1 amide bonds. The number of ether oxygens (including phenoxy) is 2. The molecule has 0 unspecified atom stereocenters. The molecule has 0 saturated carbocycles. The van der Waals surface area contributed by atoms with E-state index >= 15 is 0 Å². The summed E-state index contributed by atoms with van der Waals surface area (Å²) in [7, 11) is 0. The van der Waals surface area contributed by atoms with Crippen LogP contribution in [0.5, 0.6) is 5.75 Å². The lowest BCUT2D eigenvalue weighted by Gasteiger charge is -2.51. The van der Waals surface area contributed by atoms with Crippen LogP contribution in [0.15, 0.2) is 24.4 Å². The number of nitrogens with one attached hydrogen (secondary N) is 1. The van der Waals surface area contributed by atoms with Crippen molar-refractivity contribution >= 4 is 17.4 Å². The predicted octanol–water partition coefficient (Wildman–Crippen LogP) is 3.68. The van der Waals surface area contributed by atoms with Gasteiger partial charge in [-0.15, -0.1) is 0 Å². The summed E-state index contributed by atoms with van der Waals surface area (Å²) in [6.45, 7) is 8.56. The molecule has 2 aromatic rings. The minimum absolute atomic E-state index is 0.0885. The molecule has 190 valence electrons. The number of carbonyl (C=O) groups excluding carboxylic acids is 1. The van der Waals surface area contributed by atoms with Crippen LogP contribution in [0.3, 0.4) is 0 Å². The van der Waals surface area contributed by atoms with Gasteiger partial charge in [0.05, 0.1) is 11.3 Å². The topological polar surface area (TPSA) is 90.7 Å². The molecule has 0 radical (unpaired) electrons. The number of aromatic nitrogens is 1. The van der Waals surface area contributed by atoms with Crippen LogP contribution in [-0.4, -0.2) is 66.1 Å². The van der Waals surface area contributed by atoms with Crippen molar-refractivity contribution < 1.29 is 14.3 Å². The Morgan fingerprint density at radius 1 is 1.16 bits per heavy atom. The molecule has 6 rings (SSSR count). The summed E-state index contributed by atoms with van der Waals surface area (Å²) in [5.74, 6) is 7.35. The largest absolute Gasteiger partial charge is 0.482 e. The molecular formula is C29H31N5O3. The average molecular weight is 498 g/mol. The lowest BCUT2D eigenvalue weighted by Crippen LogP contribution is -2.65. The second kappa shape index (κ2) is 9.70. The van der Waals surface area contributed by atoms with E-state index < -0.39 is 0 Å². The number of likely N-dealkylation sites (tertiary alicyclic amines) is 2. The van der Waals surface area contributed by atoms with E-state index in [1.807, 2.05) is 19.2 Å². The van der Waals surface area contributed by atoms with Crippen molar-refractivity contribution in [2.75, 3.05) is 44.7 Å². The van der Waals surface area contributed by atoms with Gasteiger partial charge in [0.1, 0.15) is 18.0 Å². The highest BCUT2D eigenvalue weighted by Gasteiger charge is 2.41. The van der Waals surface area contributed by atoms with Crippen molar-refractivity contribution in [1.82, 2.24) is 14.8 Å². The summed E-state index contributed by atoms with van der Waals surface area (Å²) < 4.78 is 12.0. The summed E-state index contributed by atoms with van der Waals surface area (Å²) in [6.07, 6.45) is 3.61. The Kier molecular flexibility index (Phi) is 6.24. The monoisotopic (exact) mass is 497 g/mol. The third-order valence-electron chi connectivity index (χ3n) is 8.15. The van der Waals surface area contributed by atoms with Crippen LogP contribution < -0.4 is 10.1 Å². The second-order valence-electron chi connectivity index (χ2n) is 10.4. The van der Waals surface area contributed by atoms with Crippen molar-refractivity contribution in [3.63, 3.8) is 0 Å².